The van der Waals surface area contributed by atoms with Crippen molar-refractivity contribution in [2.24, 2.45) is 0 Å². The molecule has 34 heavy (non-hydrogen) atoms. The number of fused-ring (bicyclic) bond motifs is 1. The first-order valence-electron chi connectivity index (χ1n) is 10.3. The summed E-state index contributed by atoms with van der Waals surface area (Å²) in [5.74, 6) is 0.172. The molecule has 2 heterocycles. The summed E-state index contributed by atoms with van der Waals surface area (Å²) in [7, 11) is 0. The minimum absolute atomic E-state index is 0.148. The highest BCUT2D eigenvalue weighted by Crippen LogP contribution is 2.41. The van der Waals surface area contributed by atoms with Crippen LogP contribution in [0.1, 0.15) is 25.0 Å². The molecule has 2 aromatic carbocycles. The Bertz CT molecular complexity index is 1420. The zero-order chi connectivity index (χ0) is 24.4. The lowest BCUT2D eigenvalue weighted by Gasteiger charge is -2.15. The second-order valence-corrected chi connectivity index (χ2v) is 8.87. The van der Waals surface area contributed by atoms with E-state index in [4.69, 9.17) is 20.8 Å². The van der Waals surface area contributed by atoms with Gasteiger partial charge in [-0.2, -0.15) is 0 Å². The highest BCUT2D eigenvalue weighted by molar-refractivity contribution is 7.18. The van der Waals surface area contributed by atoms with Crippen molar-refractivity contribution in [3.8, 4) is 16.9 Å². The van der Waals surface area contributed by atoms with E-state index in [1.165, 1.54) is 6.08 Å². The first kappa shape index (κ1) is 23.5. The largest absolute Gasteiger partial charge is 0.493 e. The normalized spacial score (nSPS) is 11.6. The van der Waals surface area contributed by atoms with E-state index < -0.39 is 10.8 Å². The van der Waals surface area contributed by atoms with Gasteiger partial charge in [-0.3, -0.25) is 20.2 Å². The topological polar surface area (TPSA) is 108 Å². The van der Waals surface area contributed by atoms with Crippen LogP contribution in [0.4, 0.5) is 10.1 Å². The van der Waals surface area contributed by atoms with Crippen LogP contribution < -0.4 is 10.1 Å². The Hall–Kier alpha value is -3.69. The van der Waals surface area contributed by atoms with Crippen molar-refractivity contribution in [1.29, 1.82) is 0 Å². The Morgan fingerprint density at radius 2 is 2.09 bits per heavy atom. The Morgan fingerprint density at radius 3 is 2.74 bits per heavy atom. The molecule has 0 saturated heterocycles. The maximum Gasteiger partial charge on any atom is 0.345 e. The molecule has 0 aliphatic rings. The molecule has 0 fully saturated rings. The van der Waals surface area contributed by atoms with Crippen LogP contribution in [0.15, 0.2) is 53.3 Å². The SMILES string of the molecule is CCOc1c(/C(C)=C/C(=O)Nc2ncc([N+](=O)[O-])s2)cc2c(-c3ccc(Cl)cc3)coc2c1C. The lowest BCUT2D eigenvalue weighted by Crippen LogP contribution is -2.08. The molecule has 1 amide bonds. The van der Waals surface area contributed by atoms with Crippen LogP contribution in [0.5, 0.6) is 5.75 Å². The molecule has 0 radical (unpaired) electrons. The van der Waals surface area contributed by atoms with Crippen LogP contribution in [-0.2, 0) is 4.79 Å². The van der Waals surface area contributed by atoms with Crippen molar-refractivity contribution >= 4 is 55.5 Å². The molecule has 0 atom stereocenters. The van der Waals surface area contributed by atoms with Gasteiger partial charge in [0.2, 0.25) is 5.91 Å². The molecular weight excluding hydrogens is 478 g/mol. The number of hydrogen-bond donors (Lipinski definition) is 1. The summed E-state index contributed by atoms with van der Waals surface area (Å²) in [6.07, 6.45) is 4.22. The molecule has 10 heteroatoms. The molecule has 0 saturated carbocycles. The van der Waals surface area contributed by atoms with Gasteiger partial charge < -0.3 is 9.15 Å². The number of aromatic nitrogens is 1. The van der Waals surface area contributed by atoms with Gasteiger partial charge in [-0.05, 0) is 61.4 Å². The standard InChI is InChI=1S/C24H20ClN3O5S/c1-4-32-22-14(3)23-18(19(12-33-23)15-5-7-16(25)8-6-15)10-17(22)13(2)9-20(29)27-24-26-11-21(34-24)28(30)31/h5-12H,4H2,1-3H3,(H,26,27,29)/b13-9+. The van der Waals surface area contributed by atoms with Crippen LogP contribution in [0.3, 0.4) is 0 Å². The number of ether oxygens (including phenoxy) is 1. The van der Waals surface area contributed by atoms with Gasteiger partial charge in [-0.15, -0.1) is 0 Å². The van der Waals surface area contributed by atoms with Crippen molar-refractivity contribution in [1.82, 2.24) is 4.98 Å². The van der Waals surface area contributed by atoms with Gasteiger partial charge in [0, 0.05) is 33.2 Å². The molecule has 0 bridgehead atoms. The van der Waals surface area contributed by atoms with E-state index in [1.54, 1.807) is 13.2 Å². The molecule has 0 aliphatic carbocycles. The highest BCUT2D eigenvalue weighted by Gasteiger charge is 2.20. The monoisotopic (exact) mass is 497 g/mol. The number of amides is 1. The fourth-order valence-electron chi connectivity index (χ4n) is 3.62. The van der Waals surface area contributed by atoms with Crippen molar-refractivity contribution in [2.45, 2.75) is 20.8 Å². The lowest BCUT2D eigenvalue weighted by molar-refractivity contribution is -0.380. The van der Waals surface area contributed by atoms with Gasteiger partial charge in [0.1, 0.15) is 17.5 Å². The smallest absolute Gasteiger partial charge is 0.345 e. The number of rotatable bonds is 7. The highest BCUT2D eigenvalue weighted by atomic mass is 35.5. The van der Waals surface area contributed by atoms with Gasteiger partial charge in [0.05, 0.1) is 17.8 Å². The zero-order valence-electron chi connectivity index (χ0n) is 18.5. The number of allylic oxidation sites excluding steroid dienone is 1. The van der Waals surface area contributed by atoms with E-state index in [2.05, 4.69) is 10.3 Å². The Kier molecular flexibility index (Phi) is 6.67. The maximum absolute atomic E-state index is 12.6. The number of carbonyl (C=O) groups is 1. The minimum atomic E-state index is -0.552. The van der Waals surface area contributed by atoms with E-state index in [0.29, 0.717) is 28.5 Å². The number of halogens is 1. The molecule has 4 rings (SSSR count). The average molecular weight is 498 g/mol. The van der Waals surface area contributed by atoms with E-state index >= 15 is 0 Å². The maximum atomic E-state index is 12.6. The van der Waals surface area contributed by atoms with Gasteiger partial charge in [0.25, 0.3) is 0 Å². The average Bonchev–Trinajstić information content (AvgIpc) is 3.43. The molecule has 0 spiro atoms. The Labute approximate surface area is 204 Å². The summed E-state index contributed by atoms with van der Waals surface area (Å²) in [4.78, 5) is 26.8. The van der Waals surface area contributed by atoms with Gasteiger partial charge >= 0.3 is 5.00 Å². The number of carbonyl (C=O) groups excluding carboxylic acids is 1. The number of furan rings is 1. The van der Waals surface area contributed by atoms with Gasteiger partial charge in [-0.1, -0.05) is 23.7 Å². The first-order chi connectivity index (χ1) is 16.3. The van der Waals surface area contributed by atoms with Gasteiger partial charge in [0.15, 0.2) is 5.13 Å². The Balaban J connectivity index is 1.75. The lowest BCUT2D eigenvalue weighted by atomic mass is 9.96. The van der Waals surface area contributed by atoms with Crippen LogP contribution in [0, 0.1) is 17.0 Å². The van der Waals surface area contributed by atoms with Crippen molar-refractivity contribution in [2.75, 3.05) is 11.9 Å². The zero-order valence-corrected chi connectivity index (χ0v) is 20.1. The summed E-state index contributed by atoms with van der Waals surface area (Å²) < 4.78 is 11.8. The fourth-order valence-corrected chi connectivity index (χ4v) is 4.38. The summed E-state index contributed by atoms with van der Waals surface area (Å²) in [5, 5.41) is 14.9. The molecule has 8 nitrogen and oxygen atoms in total. The third kappa shape index (κ3) is 4.66. The van der Waals surface area contributed by atoms with E-state index in [9.17, 15) is 14.9 Å². The minimum Gasteiger partial charge on any atom is -0.493 e. The molecule has 4 aromatic rings. The van der Waals surface area contributed by atoms with Crippen LogP contribution in [-0.4, -0.2) is 22.4 Å². The van der Waals surface area contributed by atoms with Crippen molar-refractivity contribution in [3.63, 3.8) is 0 Å². The molecule has 0 aliphatic heterocycles. The van der Waals surface area contributed by atoms with Crippen molar-refractivity contribution in [3.05, 3.63) is 75.1 Å². The molecule has 174 valence electrons. The number of hydrogen-bond acceptors (Lipinski definition) is 7. The van der Waals surface area contributed by atoms with Crippen LogP contribution in [0.25, 0.3) is 27.7 Å². The van der Waals surface area contributed by atoms with E-state index in [-0.39, 0.29) is 10.1 Å². The molecule has 2 aromatic heterocycles. The number of nitro groups is 1. The fraction of sp³-hybridized carbons (Fsp3) is 0.167. The third-order valence-corrected chi connectivity index (χ3v) is 6.28. The number of thiazole rings is 1. The van der Waals surface area contributed by atoms with Gasteiger partial charge in [-0.25, -0.2) is 4.98 Å². The summed E-state index contributed by atoms with van der Waals surface area (Å²) in [6, 6.07) is 9.41. The first-order valence-corrected chi connectivity index (χ1v) is 11.5. The van der Waals surface area contributed by atoms with Crippen molar-refractivity contribution < 1.29 is 18.9 Å². The molecular formula is C24H20ClN3O5S. The quantitative estimate of drug-likeness (QED) is 0.169. The number of nitrogens with one attached hydrogen (secondary N) is 1. The molecule has 0 unspecified atom stereocenters. The predicted molar refractivity (Wildman–Crippen MR) is 134 cm³/mol. The van der Waals surface area contributed by atoms with E-state index in [0.717, 1.165) is 45.2 Å². The summed E-state index contributed by atoms with van der Waals surface area (Å²) in [5.41, 5.74) is 4.75. The predicted octanol–water partition coefficient (Wildman–Crippen LogP) is 6.87. The Morgan fingerprint density at radius 1 is 1.35 bits per heavy atom. The summed E-state index contributed by atoms with van der Waals surface area (Å²) in [6.45, 7) is 6.03. The number of nitrogens with zero attached hydrogens (tertiary/aromatic N) is 2. The van der Waals surface area contributed by atoms with E-state index in [1.807, 2.05) is 44.2 Å². The van der Waals surface area contributed by atoms with Crippen LogP contribution in [0.2, 0.25) is 5.02 Å². The molecule has 1 N–H and O–H groups in total. The number of aryl methyl sites for hydroxylation is 1. The third-order valence-electron chi connectivity index (χ3n) is 5.16. The number of anilines is 1. The second-order valence-electron chi connectivity index (χ2n) is 7.42. The summed E-state index contributed by atoms with van der Waals surface area (Å²) >= 11 is 6.83. The van der Waals surface area contributed by atoms with Crippen LogP contribution >= 0.6 is 22.9 Å². The number of benzene rings is 2. The second kappa shape index (κ2) is 9.66.